The molecule has 1 N–H and O–H groups in total. The summed E-state index contributed by atoms with van der Waals surface area (Å²) in [5.41, 5.74) is 5.48. The van der Waals surface area contributed by atoms with Crippen molar-refractivity contribution in [3.8, 4) is 5.75 Å². The zero-order valence-electron chi connectivity index (χ0n) is 22.1. The maximum absolute atomic E-state index is 12.0. The van der Waals surface area contributed by atoms with Gasteiger partial charge in [0.05, 0.1) is 30.2 Å². The average Bonchev–Trinajstić information content (AvgIpc) is 3.67. The Hall–Kier alpha value is -3.17. The summed E-state index contributed by atoms with van der Waals surface area (Å²) in [5, 5.41) is 3.67. The van der Waals surface area contributed by atoms with E-state index < -0.39 is 0 Å². The van der Waals surface area contributed by atoms with E-state index in [9.17, 15) is 4.79 Å². The molecule has 4 aliphatic heterocycles. The third-order valence-electron chi connectivity index (χ3n) is 8.75. The second-order valence-electron chi connectivity index (χ2n) is 11.2. The van der Waals surface area contributed by atoms with E-state index in [1.807, 2.05) is 11.1 Å². The van der Waals surface area contributed by atoms with E-state index in [4.69, 9.17) is 19.4 Å². The lowest BCUT2D eigenvalue weighted by Gasteiger charge is -2.43. The highest BCUT2D eigenvalue weighted by Crippen LogP contribution is 2.51. The Morgan fingerprint density at radius 2 is 1.95 bits per heavy atom. The number of rotatable bonds is 5. The van der Waals surface area contributed by atoms with Gasteiger partial charge in [-0.3, -0.25) is 14.7 Å². The van der Waals surface area contributed by atoms with Crippen molar-refractivity contribution in [1.82, 2.24) is 19.8 Å². The molecule has 9 heteroatoms. The lowest BCUT2D eigenvalue weighted by Crippen LogP contribution is -2.52. The first kappa shape index (κ1) is 23.9. The van der Waals surface area contributed by atoms with E-state index in [0.717, 1.165) is 106 Å². The molecule has 0 radical (unpaired) electrons. The molecule has 4 fully saturated rings. The van der Waals surface area contributed by atoms with E-state index in [1.54, 1.807) is 0 Å². The zero-order chi connectivity index (χ0) is 25.8. The van der Waals surface area contributed by atoms with Crippen LogP contribution in [-0.4, -0.2) is 84.2 Å². The molecule has 7 rings (SSSR count). The van der Waals surface area contributed by atoms with Gasteiger partial charge in [-0.15, -0.1) is 0 Å². The van der Waals surface area contributed by atoms with Crippen LogP contribution in [0.4, 0.5) is 17.2 Å². The monoisotopic (exact) mass is 516 g/mol. The lowest BCUT2D eigenvalue weighted by atomic mass is 9.92. The number of amides is 1. The van der Waals surface area contributed by atoms with Crippen molar-refractivity contribution in [2.24, 2.45) is 0 Å². The van der Waals surface area contributed by atoms with Crippen LogP contribution in [0.1, 0.15) is 61.1 Å². The van der Waals surface area contributed by atoms with Crippen LogP contribution in [0.15, 0.2) is 31.0 Å². The van der Waals surface area contributed by atoms with Gasteiger partial charge in [0.25, 0.3) is 0 Å². The van der Waals surface area contributed by atoms with Gasteiger partial charge in [0, 0.05) is 74.7 Å². The first-order valence-electron chi connectivity index (χ1n) is 14.0. The Kier molecular flexibility index (Phi) is 6.00. The molecule has 1 saturated carbocycles. The first-order chi connectivity index (χ1) is 18.6. The first-order valence-corrected chi connectivity index (χ1v) is 14.0. The number of nitrogens with zero attached hydrogens (tertiary/aromatic N) is 5. The minimum absolute atomic E-state index is 0.0389. The van der Waals surface area contributed by atoms with Crippen LogP contribution < -0.4 is 15.0 Å². The Balaban J connectivity index is 1.15. The number of aromatic nitrogens is 2. The molecule has 2 aromatic heterocycles. The summed E-state index contributed by atoms with van der Waals surface area (Å²) in [5.74, 6) is 2.65. The topological polar surface area (TPSA) is 83.1 Å². The molecule has 1 amide bonds. The fraction of sp³-hybridized carbons (Fsp3) is 0.552. The van der Waals surface area contributed by atoms with Crippen molar-refractivity contribution in [2.75, 3.05) is 62.7 Å². The predicted molar refractivity (Wildman–Crippen MR) is 145 cm³/mol. The van der Waals surface area contributed by atoms with E-state index in [-0.39, 0.29) is 12.0 Å². The van der Waals surface area contributed by atoms with E-state index in [0.29, 0.717) is 17.9 Å². The van der Waals surface area contributed by atoms with Crippen LogP contribution >= 0.6 is 0 Å². The van der Waals surface area contributed by atoms with Crippen LogP contribution in [0.25, 0.3) is 0 Å². The van der Waals surface area contributed by atoms with Gasteiger partial charge in [-0.25, -0.2) is 4.98 Å². The Bertz CT molecular complexity index is 1250. The Morgan fingerprint density at radius 1 is 1.13 bits per heavy atom. The third-order valence-corrected chi connectivity index (χ3v) is 8.75. The van der Waals surface area contributed by atoms with Crippen molar-refractivity contribution < 1.29 is 14.3 Å². The van der Waals surface area contributed by atoms with E-state index >= 15 is 0 Å². The van der Waals surface area contributed by atoms with E-state index in [1.165, 1.54) is 11.8 Å². The third kappa shape index (κ3) is 4.22. The number of morpholine rings is 1. The van der Waals surface area contributed by atoms with Crippen LogP contribution in [0.2, 0.25) is 0 Å². The molecule has 0 spiro atoms. The summed E-state index contributed by atoms with van der Waals surface area (Å²) in [7, 11) is 0. The van der Waals surface area contributed by atoms with Gasteiger partial charge in [0.1, 0.15) is 11.9 Å². The van der Waals surface area contributed by atoms with Gasteiger partial charge in [-0.05, 0) is 44.4 Å². The van der Waals surface area contributed by atoms with Gasteiger partial charge >= 0.3 is 0 Å². The molecule has 9 nitrogen and oxygen atoms in total. The van der Waals surface area contributed by atoms with E-state index in [2.05, 4.69) is 40.8 Å². The average molecular weight is 517 g/mol. The predicted octanol–water partition coefficient (Wildman–Crippen LogP) is 3.57. The number of carbonyl (C=O) groups is 1. The SMILES string of the molecule is C=CC(=O)N1CC[C@@H](N2CC(c3cc4c(c(C5CC5)n3)O[C@H](C)c3c(N5CCOCC5)ccnc3N4)C2)C1. The largest absolute Gasteiger partial charge is 0.482 e. The fourth-order valence-electron chi connectivity index (χ4n) is 6.41. The molecule has 0 bridgehead atoms. The molecular formula is C29H36N6O3. The van der Waals surface area contributed by atoms with Gasteiger partial charge < -0.3 is 24.6 Å². The van der Waals surface area contributed by atoms with Gasteiger partial charge in [0.15, 0.2) is 5.75 Å². The van der Waals surface area contributed by atoms with Crippen LogP contribution in [0.5, 0.6) is 5.75 Å². The summed E-state index contributed by atoms with van der Waals surface area (Å²) >= 11 is 0. The molecule has 0 aromatic carbocycles. The molecule has 6 heterocycles. The second-order valence-corrected chi connectivity index (χ2v) is 11.2. The number of pyridine rings is 2. The highest BCUT2D eigenvalue weighted by Gasteiger charge is 2.40. The summed E-state index contributed by atoms with van der Waals surface area (Å²) in [6, 6.07) is 4.72. The van der Waals surface area contributed by atoms with Crippen molar-refractivity contribution in [3.63, 3.8) is 0 Å². The summed E-state index contributed by atoms with van der Waals surface area (Å²) < 4.78 is 12.3. The summed E-state index contributed by atoms with van der Waals surface area (Å²) in [4.78, 5) is 28.8. The van der Waals surface area contributed by atoms with Crippen molar-refractivity contribution in [1.29, 1.82) is 0 Å². The number of ether oxygens (including phenoxy) is 2. The molecule has 0 unspecified atom stereocenters. The molecule has 2 atom stereocenters. The molecular weight excluding hydrogens is 480 g/mol. The molecule has 1 aliphatic carbocycles. The second kappa shape index (κ2) is 9.54. The van der Waals surface area contributed by atoms with Crippen LogP contribution in [-0.2, 0) is 9.53 Å². The number of hydrogen-bond donors (Lipinski definition) is 1. The van der Waals surface area contributed by atoms with Crippen LogP contribution in [0, 0.1) is 0 Å². The number of likely N-dealkylation sites (tertiary alicyclic amines) is 2. The Morgan fingerprint density at radius 3 is 2.71 bits per heavy atom. The molecule has 3 saturated heterocycles. The quantitative estimate of drug-likeness (QED) is 0.604. The standard InChI is InChI=1S/C29H36N6O3/c1-3-25(36)34-9-7-21(17-34)35-15-20(16-35)22-14-23-28(27(31-22)19-4-5-19)38-18(2)26-24(6-8-30-29(26)32-23)33-10-12-37-13-11-33/h3,6,8,14,18-21H,1,4-5,7,9-13,15-17H2,2H3,(H,30,32)/t18-,21-/m1/s1. The summed E-state index contributed by atoms with van der Waals surface area (Å²) in [6.07, 6.45) is 6.53. The van der Waals surface area contributed by atoms with Gasteiger partial charge in [-0.2, -0.15) is 0 Å². The molecule has 2 aromatic rings. The smallest absolute Gasteiger partial charge is 0.246 e. The number of fused-ring (bicyclic) bond motifs is 2. The Labute approximate surface area is 223 Å². The maximum atomic E-state index is 12.0. The highest BCUT2D eigenvalue weighted by atomic mass is 16.5. The van der Waals surface area contributed by atoms with Crippen molar-refractivity contribution in [3.05, 3.63) is 47.9 Å². The minimum Gasteiger partial charge on any atom is -0.482 e. The number of nitrogens with one attached hydrogen (secondary N) is 1. The molecule has 200 valence electrons. The fourth-order valence-corrected chi connectivity index (χ4v) is 6.41. The summed E-state index contributed by atoms with van der Waals surface area (Å²) in [6.45, 7) is 12.5. The molecule has 38 heavy (non-hydrogen) atoms. The van der Waals surface area contributed by atoms with Crippen LogP contribution in [0.3, 0.4) is 0 Å². The zero-order valence-corrected chi connectivity index (χ0v) is 22.1. The van der Waals surface area contributed by atoms with Gasteiger partial charge in [-0.1, -0.05) is 6.58 Å². The number of anilines is 3. The maximum Gasteiger partial charge on any atom is 0.246 e. The lowest BCUT2D eigenvalue weighted by molar-refractivity contribution is -0.125. The number of hydrogen-bond acceptors (Lipinski definition) is 8. The number of carbonyl (C=O) groups excluding carboxylic acids is 1. The highest BCUT2D eigenvalue weighted by molar-refractivity contribution is 5.87. The minimum atomic E-state index is -0.141. The molecule has 5 aliphatic rings. The normalized spacial score (nSPS) is 25.5. The van der Waals surface area contributed by atoms with Crippen molar-refractivity contribution in [2.45, 2.75) is 50.2 Å². The van der Waals surface area contributed by atoms with Gasteiger partial charge in [0.2, 0.25) is 5.91 Å². The van der Waals surface area contributed by atoms with Crippen molar-refractivity contribution >= 4 is 23.1 Å².